The molecule has 0 aromatic rings. The summed E-state index contributed by atoms with van der Waals surface area (Å²) in [5.41, 5.74) is 0. The summed E-state index contributed by atoms with van der Waals surface area (Å²) in [6.07, 6.45) is 0. The van der Waals surface area contributed by atoms with Crippen LogP contribution in [0.1, 0.15) is 4.28 Å². The minimum atomic E-state index is -4.61. The molecule has 8 N–H and O–H groups in total. The fraction of sp³-hybridized carbons (Fsp3) is 0. The van der Waals surface area contributed by atoms with Gasteiger partial charge in [-0.15, -0.1) is 0 Å². The van der Waals surface area contributed by atoms with E-state index in [9.17, 15) is 0 Å². The molecule has 0 unspecified atom stereocenters. The van der Waals surface area contributed by atoms with Gasteiger partial charge in [0.2, 0.25) is 0 Å². The van der Waals surface area contributed by atoms with Crippen molar-refractivity contribution in [3.8, 4) is 0 Å². The average molecular weight is 356 g/mol. The van der Waals surface area contributed by atoms with Gasteiger partial charge < -0.3 is 42.6 Å². The first-order chi connectivity index (χ1) is 4.00. The third-order valence-corrected chi connectivity index (χ3v) is 0. The van der Waals surface area contributed by atoms with Crippen LogP contribution in [0, 0.1) is 0 Å². The fourth-order valence-corrected chi connectivity index (χ4v) is 0. The van der Waals surface area contributed by atoms with E-state index in [0.717, 1.165) is 0 Å². The molecule has 0 rings (SSSR count). The molecule has 12 heavy (non-hydrogen) atoms. The zero-order chi connectivity index (χ0) is 9.00. The summed E-state index contributed by atoms with van der Waals surface area (Å²) in [6, 6.07) is 0. The minimum absolute atomic E-state index is 0. The Kier molecular flexibility index (Phi) is 20.5. The molecule has 0 fully saturated rings. The fourth-order valence-electron chi connectivity index (χ4n) is 0. The number of rotatable bonds is 0. The molecule has 0 atom stereocenters. The van der Waals surface area contributed by atoms with Crippen LogP contribution in [0.4, 0.5) is 0 Å². The molecule has 0 aliphatic carbocycles. The summed E-state index contributed by atoms with van der Waals surface area (Å²) < 4.78 is 0. The molecule has 0 amide bonds. The molecule has 0 aromatic heterocycles. The molecule has 0 aliphatic rings. The molecule has 0 spiro atoms. The third kappa shape index (κ3) is 240. The first-order valence-corrected chi connectivity index (χ1v) is 5.37. The van der Waals surface area contributed by atoms with E-state index in [2.05, 4.69) is 0 Å². The van der Waals surface area contributed by atoms with Gasteiger partial charge in [0, 0.05) is 0 Å². The topological polar surface area (TPSA) is 162 Å². The Morgan fingerprint density at radius 3 is 0.583 bits per heavy atom. The minimum Gasteiger partial charge on any atom is -1.00 e. The second kappa shape index (κ2) is 10.2. The molecule has 0 aromatic carbocycles. The zero-order valence-corrected chi connectivity index (χ0v) is 14.7. The molecule has 0 saturated carbocycles. The van der Waals surface area contributed by atoms with E-state index < -0.39 is 18.1 Å². The number of hydrogen-bond donors (Lipinski definition) is 8. The number of hydrogen-bond acceptors (Lipinski definition) is 8. The van der Waals surface area contributed by atoms with Crippen molar-refractivity contribution in [3.05, 3.63) is 0 Å². The van der Waals surface area contributed by atoms with Gasteiger partial charge in [0.05, 0.1) is 0 Å². The van der Waals surface area contributed by atoms with E-state index >= 15 is 0 Å². The van der Waals surface area contributed by atoms with Gasteiger partial charge in [0.25, 0.3) is 0 Å². The van der Waals surface area contributed by atoms with E-state index in [4.69, 9.17) is 38.4 Å². The summed E-state index contributed by atoms with van der Waals surface area (Å²) in [5, 5.41) is 0. The Bertz CT molecular complexity index is 70.9. The normalized spacial score (nSPS) is 10.0. The third-order valence-electron chi connectivity index (χ3n) is 0. The average Bonchev–Trinajstić information content (AvgIpc) is 1.12. The van der Waals surface area contributed by atoms with E-state index in [1.165, 1.54) is 0 Å². The Morgan fingerprint density at radius 2 is 0.583 bits per heavy atom. The Labute approximate surface area is 137 Å². The summed E-state index contributed by atoms with van der Waals surface area (Å²) >= 11 is 0. The van der Waals surface area contributed by atoms with Gasteiger partial charge in [0.15, 0.2) is 0 Å². The van der Waals surface area contributed by atoms with Gasteiger partial charge in [-0.25, -0.2) is 0 Å². The Morgan fingerprint density at radius 1 is 0.583 bits per heavy atom. The van der Waals surface area contributed by atoms with Crippen molar-refractivity contribution in [3.63, 3.8) is 0 Å². The van der Waals surface area contributed by atoms with Crippen molar-refractivity contribution in [1.82, 2.24) is 0 Å². The second-order valence-electron chi connectivity index (χ2n) is 1.20. The van der Waals surface area contributed by atoms with Crippen molar-refractivity contribution < 1.29 is 72.2 Å². The van der Waals surface area contributed by atoms with Gasteiger partial charge in [-0.2, -0.15) is 0 Å². The van der Waals surface area contributed by atoms with Gasteiger partial charge in [-0.05, 0) is 0 Å². The van der Waals surface area contributed by atoms with Gasteiger partial charge in [0.1, 0.15) is 0 Å². The van der Waals surface area contributed by atoms with Crippen LogP contribution in [0.15, 0.2) is 0 Å². The van der Waals surface area contributed by atoms with Crippen LogP contribution < -0.4 is 29.6 Å². The molecule has 0 saturated heterocycles. The first kappa shape index (κ1) is 24.1. The predicted octanol–water partition coefficient (Wildman–Crippen LogP) is -8.26. The molecule has 0 bridgehead atoms. The van der Waals surface area contributed by atoms with Crippen LogP contribution in [0.2, 0.25) is 0 Å². The van der Waals surface area contributed by atoms with Crippen molar-refractivity contribution in [2.24, 2.45) is 0 Å². The maximum absolute atomic E-state index is 7.33. The quantitative estimate of drug-likeness (QED) is 0.199. The van der Waals surface area contributed by atoms with Gasteiger partial charge in [-0.3, -0.25) is 0 Å². The van der Waals surface area contributed by atoms with Crippen LogP contribution >= 0.6 is 0 Å². The predicted molar refractivity (Wildman–Crippen MR) is 38.3 cm³/mol. The largest absolute Gasteiger partial charge is 2.00 e. The molecule has 8 nitrogen and oxygen atoms in total. The molecular formula is H11BaNaO8Si2. The van der Waals surface area contributed by atoms with Crippen molar-refractivity contribution in [1.29, 1.82) is 0 Å². The van der Waals surface area contributed by atoms with E-state index in [1.54, 1.807) is 0 Å². The zero-order valence-electron chi connectivity index (χ0n) is 9.28. The van der Waals surface area contributed by atoms with Crippen LogP contribution in [-0.4, -0.2) is 105 Å². The Balaban J connectivity index is -0.0000000128. The molecule has 70 valence electrons. The molecule has 0 radical (unpaired) electrons. The molecule has 0 aliphatic heterocycles. The standard InChI is InChI=1S/Ba.Na.2H4O4Si.3H/c;;2*1-5(2,3)4;;;/h;;2*1-4H;;;/q+2;+1;;;3*-1. The van der Waals surface area contributed by atoms with Crippen LogP contribution in [0.3, 0.4) is 0 Å². The van der Waals surface area contributed by atoms with Gasteiger partial charge in [-0.1, -0.05) is 0 Å². The summed E-state index contributed by atoms with van der Waals surface area (Å²) in [4.78, 5) is 58.6. The van der Waals surface area contributed by atoms with Gasteiger partial charge >= 0.3 is 96.5 Å². The summed E-state index contributed by atoms with van der Waals surface area (Å²) in [7, 11) is -9.22. The van der Waals surface area contributed by atoms with E-state index in [0.29, 0.717) is 0 Å². The Hall–Kier alpha value is 2.69. The van der Waals surface area contributed by atoms with Crippen LogP contribution in [0.25, 0.3) is 0 Å². The second-order valence-corrected chi connectivity index (χ2v) is 3.60. The molecular weight excluding hydrogens is 344 g/mol. The monoisotopic (exact) mass is 356 g/mol. The van der Waals surface area contributed by atoms with E-state index in [-0.39, 0.29) is 82.7 Å². The molecule has 12 heteroatoms. The smallest absolute Gasteiger partial charge is 1.00 e. The summed E-state index contributed by atoms with van der Waals surface area (Å²) in [5.74, 6) is 0. The first-order valence-electron chi connectivity index (χ1n) is 1.79. The van der Waals surface area contributed by atoms with Crippen molar-refractivity contribution in [2.75, 3.05) is 0 Å². The molecule has 0 heterocycles. The SMILES string of the molecule is O[Si](O)(O)O.O[Si](O)(O)O.[Ba+2].[H-].[H-].[H-].[Na+]. The maximum Gasteiger partial charge on any atom is 2.00 e. The van der Waals surface area contributed by atoms with Crippen LogP contribution in [-0.2, 0) is 0 Å². The summed E-state index contributed by atoms with van der Waals surface area (Å²) in [6.45, 7) is 0. The van der Waals surface area contributed by atoms with E-state index in [1.807, 2.05) is 0 Å². The maximum atomic E-state index is 7.33. The van der Waals surface area contributed by atoms with Crippen LogP contribution in [0.5, 0.6) is 0 Å². The van der Waals surface area contributed by atoms with Crippen molar-refractivity contribution >= 4 is 67.0 Å². The van der Waals surface area contributed by atoms with Crippen molar-refractivity contribution in [2.45, 2.75) is 0 Å².